The summed E-state index contributed by atoms with van der Waals surface area (Å²) in [6, 6.07) is 17.3. The van der Waals surface area contributed by atoms with Gasteiger partial charge in [-0.3, -0.25) is 9.59 Å². The van der Waals surface area contributed by atoms with Crippen molar-refractivity contribution < 1.29 is 19.1 Å². The Bertz CT molecular complexity index is 1450. The normalized spacial score (nSPS) is 10.9. The Morgan fingerprint density at radius 2 is 1.63 bits per heavy atom. The molecule has 0 saturated carbocycles. The summed E-state index contributed by atoms with van der Waals surface area (Å²) in [4.78, 5) is 26.5. The third-order valence-electron chi connectivity index (χ3n) is 6.34. The molecule has 0 aliphatic rings. The van der Waals surface area contributed by atoms with Crippen LogP contribution in [0.2, 0.25) is 0 Å². The number of carbonyl (C=O) groups is 2. The van der Waals surface area contributed by atoms with Crippen molar-refractivity contribution >= 4 is 40.2 Å². The van der Waals surface area contributed by atoms with Crippen molar-refractivity contribution in [1.29, 1.82) is 0 Å². The zero-order chi connectivity index (χ0) is 27.2. The zero-order valence-corrected chi connectivity index (χ0v) is 23.2. The van der Waals surface area contributed by atoms with Gasteiger partial charge in [0.25, 0.3) is 5.91 Å². The highest BCUT2D eigenvalue weighted by atomic mass is 32.2. The Balaban J connectivity index is 1.40. The maximum atomic E-state index is 12.8. The largest absolute Gasteiger partial charge is 0.493 e. The zero-order valence-electron chi connectivity index (χ0n) is 22.4. The number of aromatic nitrogens is 1. The molecule has 38 heavy (non-hydrogen) atoms. The van der Waals surface area contributed by atoms with E-state index in [0.717, 1.165) is 32.6 Å². The highest BCUT2D eigenvalue weighted by Crippen LogP contribution is 2.31. The van der Waals surface area contributed by atoms with Gasteiger partial charge < -0.3 is 24.7 Å². The maximum absolute atomic E-state index is 12.8. The van der Waals surface area contributed by atoms with Gasteiger partial charge >= 0.3 is 0 Å². The first-order chi connectivity index (χ1) is 18.3. The lowest BCUT2D eigenvalue weighted by Gasteiger charge is -2.12. The van der Waals surface area contributed by atoms with Crippen LogP contribution in [0.15, 0.2) is 65.7 Å². The second-order valence-corrected chi connectivity index (χ2v) is 10.2. The van der Waals surface area contributed by atoms with E-state index in [1.165, 1.54) is 17.3 Å². The van der Waals surface area contributed by atoms with Gasteiger partial charge in [-0.05, 0) is 56.2 Å². The van der Waals surface area contributed by atoms with Crippen molar-refractivity contribution in [2.24, 2.45) is 0 Å². The molecule has 2 amide bonds. The minimum atomic E-state index is -0.185. The number of amides is 2. The summed E-state index contributed by atoms with van der Waals surface area (Å²) < 4.78 is 12.7. The van der Waals surface area contributed by atoms with Gasteiger partial charge in [-0.15, -0.1) is 11.8 Å². The minimum absolute atomic E-state index is 0.0379. The standard InChI is InChI=1S/C30H33N3O4S/c1-19-14-20(2)29(21(3)15-19)32-28(34)18-38-27-17-33(24-9-7-6-8-23(24)27)13-12-31-30(35)22-10-11-25(36-4)26(16-22)37-5/h6-11,14-17H,12-13,18H2,1-5H3,(H,31,35)(H,32,34). The Morgan fingerprint density at radius 1 is 0.921 bits per heavy atom. The molecule has 0 aliphatic heterocycles. The Hall–Kier alpha value is -3.91. The summed E-state index contributed by atoms with van der Waals surface area (Å²) >= 11 is 1.51. The first kappa shape index (κ1) is 27.1. The first-order valence-electron chi connectivity index (χ1n) is 12.4. The molecule has 4 aromatic rings. The predicted octanol–water partition coefficient (Wildman–Crippen LogP) is 5.74. The second kappa shape index (κ2) is 12.1. The van der Waals surface area contributed by atoms with Gasteiger partial charge in [-0.1, -0.05) is 35.9 Å². The fourth-order valence-corrected chi connectivity index (χ4v) is 5.47. The lowest BCUT2D eigenvalue weighted by molar-refractivity contribution is -0.113. The number of methoxy groups -OCH3 is 2. The van der Waals surface area contributed by atoms with Gasteiger partial charge in [0.1, 0.15) is 0 Å². The van der Waals surface area contributed by atoms with E-state index >= 15 is 0 Å². The molecule has 0 bridgehead atoms. The average molecular weight is 532 g/mol. The number of fused-ring (bicyclic) bond motifs is 1. The van der Waals surface area contributed by atoms with Crippen LogP contribution in [-0.4, -0.2) is 42.9 Å². The predicted molar refractivity (Wildman–Crippen MR) is 154 cm³/mol. The molecule has 0 aliphatic carbocycles. The van der Waals surface area contributed by atoms with Gasteiger partial charge in [0.05, 0.1) is 20.0 Å². The lowest BCUT2D eigenvalue weighted by atomic mass is 10.1. The van der Waals surface area contributed by atoms with Crippen molar-refractivity contribution in [2.45, 2.75) is 32.2 Å². The van der Waals surface area contributed by atoms with Gasteiger partial charge in [0.15, 0.2) is 11.5 Å². The van der Waals surface area contributed by atoms with Gasteiger partial charge in [-0.2, -0.15) is 0 Å². The van der Waals surface area contributed by atoms with Crippen molar-refractivity contribution in [2.75, 3.05) is 31.8 Å². The monoisotopic (exact) mass is 531 g/mol. The summed E-state index contributed by atoms with van der Waals surface area (Å²) in [6.45, 7) is 7.12. The molecule has 4 rings (SSSR count). The molecule has 0 unspecified atom stereocenters. The molecule has 2 N–H and O–H groups in total. The number of ether oxygens (including phenoxy) is 2. The van der Waals surface area contributed by atoms with Crippen LogP contribution < -0.4 is 20.1 Å². The molecule has 0 radical (unpaired) electrons. The molecular formula is C30H33N3O4S. The lowest BCUT2D eigenvalue weighted by Crippen LogP contribution is -2.27. The van der Waals surface area contributed by atoms with Crippen LogP contribution in [0.25, 0.3) is 10.9 Å². The Morgan fingerprint density at radius 3 is 2.34 bits per heavy atom. The van der Waals surface area contributed by atoms with E-state index < -0.39 is 0 Å². The number of hydrogen-bond donors (Lipinski definition) is 2. The summed E-state index contributed by atoms with van der Waals surface area (Å²) in [6.07, 6.45) is 2.05. The third-order valence-corrected chi connectivity index (χ3v) is 7.38. The van der Waals surface area contributed by atoms with E-state index in [0.29, 0.717) is 35.9 Å². The van der Waals surface area contributed by atoms with Crippen LogP contribution in [0.1, 0.15) is 27.0 Å². The van der Waals surface area contributed by atoms with Crippen LogP contribution in [0.3, 0.4) is 0 Å². The number of para-hydroxylation sites is 1. The van der Waals surface area contributed by atoms with E-state index in [1.807, 2.05) is 32.2 Å². The summed E-state index contributed by atoms with van der Waals surface area (Å²) in [5.41, 5.74) is 5.75. The van der Waals surface area contributed by atoms with Crippen LogP contribution in [-0.2, 0) is 11.3 Å². The van der Waals surface area contributed by atoms with E-state index in [-0.39, 0.29) is 11.8 Å². The SMILES string of the molecule is COc1ccc(C(=O)NCCn2cc(SCC(=O)Nc3c(C)cc(C)cc3C)c3ccccc32)cc1OC. The quantitative estimate of drug-likeness (QED) is 0.255. The molecule has 0 fully saturated rings. The van der Waals surface area contributed by atoms with E-state index in [4.69, 9.17) is 9.47 Å². The molecule has 198 valence electrons. The Kier molecular flexibility index (Phi) is 8.63. The van der Waals surface area contributed by atoms with Gasteiger partial charge in [-0.25, -0.2) is 0 Å². The summed E-state index contributed by atoms with van der Waals surface area (Å²) in [5.74, 6) is 1.16. The molecule has 1 aromatic heterocycles. The van der Waals surface area contributed by atoms with E-state index in [9.17, 15) is 9.59 Å². The number of anilines is 1. The summed E-state index contributed by atoms with van der Waals surface area (Å²) in [7, 11) is 3.10. The van der Waals surface area contributed by atoms with Crippen molar-refractivity contribution in [3.8, 4) is 11.5 Å². The van der Waals surface area contributed by atoms with Crippen LogP contribution in [0.5, 0.6) is 11.5 Å². The van der Waals surface area contributed by atoms with E-state index in [1.54, 1.807) is 32.4 Å². The van der Waals surface area contributed by atoms with Crippen LogP contribution >= 0.6 is 11.8 Å². The topological polar surface area (TPSA) is 81.6 Å². The number of thioether (sulfide) groups is 1. The smallest absolute Gasteiger partial charge is 0.251 e. The van der Waals surface area contributed by atoms with Crippen molar-refractivity contribution in [1.82, 2.24) is 9.88 Å². The molecule has 0 spiro atoms. The van der Waals surface area contributed by atoms with Crippen molar-refractivity contribution in [3.63, 3.8) is 0 Å². The molecule has 0 saturated heterocycles. The number of aryl methyl sites for hydroxylation is 3. The highest BCUT2D eigenvalue weighted by Gasteiger charge is 2.14. The highest BCUT2D eigenvalue weighted by molar-refractivity contribution is 8.00. The Labute approximate surface area is 227 Å². The number of rotatable bonds is 10. The van der Waals surface area contributed by atoms with Crippen LogP contribution in [0, 0.1) is 20.8 Å². The molecule has 7 nitrogen and oxygen atoms in total. The molecule has 0 atom stereocenters. The summed E-state index contributed by atoms with van der Waals surface area (Å²) in [5, 5.41) is 7.14. The molecule has 3 aromatic carbocycles. The van der Waals surface area contributed by atoms with Crippen LogP contribution in [0.4, 0.5) is 5.69 Å². The fourth-order valence-electron chi connectivity index (χ4n) is 4.58. The molecule has 1 heterocycles. The van der Waals surface area contributed by atoms with Crippen molar-refractivity contribution in [3.05, 3.63) is 83.0 Å². The van der Waals surface area contributed by atoms with E-state index in [2.05, 4.69) is 46.4 Å². The number of carbonyl (C=O) groups excluding carboxylic acids is 2. The molecular weight excluding hydrogens is 498 g/mol. The third kappa shape index (κ3) is 6.14. The molecule has 8 heteroatoms. The minimum Gasteiger partial charge on any atom is -0.493 e. The first-order valence-corrected chi connectivity index (χ1v) is 13.4. The van der Waals surface area contributed by atoms with Gasteiger partial charge in [0.2, 0.25) is 5.91 Å². The number of benzene rings is 3. The maximum Gasteiger partial charge on any atom is 0.251 e. The average Bonchev–Trinajstić information content (AvgIpc) is 3.26. The van der Waals surface area contributed by atoms with Gasteiger partial charge in [0, 0.05) is 46.3 Å². The number of nitrogens with zero attached hydrogens (tertiary/aromatic N) is 1. The number of nitrogens with one attached hydrogen (secondary N) is 2. The fraction of sp³-hybridized carbons (Fsp3) is 0.267. The second-order valence-electron chi connectivity index (χ2n) is 9.14. The number of hydrogen-bond acceptors (Lipinski definition) is 5.